The molecule has 0 saturated heterocycles. The van der Waals surface area contributed by atoms with Gasteiger partial charge in [0, 0.05) is 26.2 Å². The maximum absolute atomic E-state index is 11.1. The number of hydrogen-bond donors (Lipinski definition) is 2. The first kappa shape index (κ1) is 17.9. The van der Waals surface area contributed by atoms with Crippen LogP contribution in [0.25, 0.3) is 0 Å². The summed E-state index contributed by atoms with van der Waals surface area (Å²) in [6, 6.07) is 20.1. The summed E-state index contributed by atoms with van der Waals surface area (Å²) in [5, 5.41) is 12.5. The van der Waals surface area contributed by atoms with Crippen LogP contribution in [0.5, 0.6) is 0 Å². The molecule has 0 aliphatic carbocycles. The van der Waals surface area contributed by atoms with Gasteiger partial charge in [0.25, 0.3) is 0 Å². The third kappa shape index (κ3) is 6.77. The second kappa shape index (κ2) is 9.65. The molecule has 4 heteroatoms. The molecule has 126 valence electrons. The van der Waals surface area contributed by atoms with Crippen LogP contribution in [0.15, 0.2) is 72.8 Å². The van der Waals surface area contributed by atoms with Crippen molar-refractivity contribution in [3.63, 3.8) is 0 Å². The molecule has 0 aliphatic heterocycles. The molecular formula is C20H24N2O2. The fourth-order valence-corrected chi connectivity index (χ4v) is 2.55. The Morgan fingerprint density at radius 3 is 2.12 bits per heavy atom. The number of rotatable bonds is 10. The van der Waals surface area contributed by atoms with Gasteiger partial charge in [-0.1, -0.05) is 67.2 Å². The third-order valence-corrected chi connectivity index (χ3v) is 3.60. The maximum Gasteiger partial charge on any atom is 0.317 e. The molecular weight excluding hydrogens is 300 g/mol. The van der Waals surface area contributed by atoms with Gasteiger partial charge in [-0.3, -0.25) is 9.69 Å². The van der Waals surface area contributed by atoms with Crippen molar-refractivity contribution in [2.75, 3.05) is 19.6 Å². The van der Waals surface area contributed by atoms with Crippen LogP contribution < -0.4 is 5.32 Å². The molecule has 24 heavy (non-hydrogen) atoms. The highest BCUT2D eigenvalue weighted by molar-refractivity contribution is 5.69. The molecule has 0 fully saturated rings. The molecule has 0 spiro atoms. The molecule has 0 aliphatic rings. The van der Waals surface area contributed by atoms with Crippen molar-refractivity contribution in [1.29, 1.82) is 0 Å². The molecule has 2 aromatic carbocycles. The van der Waals surface area contributed by atoms with Gasteiger partial charge in [-0.15, -0.1) is 0 Å². The molecule has 2 aromatic rings. The Balaban J connectivity index is 1.81. The Labute approximate surface area is 143 Å². The van der Waals surface area contributed by atoms with Crippen molar-refractivity contribution < 1.29 is 9.90 Å². The van der Waals surface area contributed by atoms with Crippen molar-refractivity contribution in [3.05, 3.63) is 83.9 Å². The Kier molecular flexibility index (Phi) is 7.21. The quantitative estimate of drug-likeness (QED) is 0.660. The molecule has 0 bridgehead atoms. The molecule has 2 rings (SSSR count). The van der Waals surface area contributed by atoms with Crippen molar-refractivity contribution in [1.82, 2.24) is 10.2 Å². The summed E-state index contributed by atoms with van der Waals surface area (Å²) in [5.74, 6) is -0.823. The summed E-state index contributed by atoms with van der Waals surface area (Å²) in [6.45, 7) is 6.69. The van der Waals surface area contributed by atoms with Gasteiger partial charge in [-0.2, -0.15) is 0 Å². The topological polar surface area (TPSA) is 52.6 Å². The van der Waals surface area contributed by atoms with E-state index in [1.807, 2.05) is 53.4 Å². The van der Waals surface area contributed by atoms with Crippen molar-refractivity contribution in [3.8, 4) is 0 Å². The zero-order valence-corrected chi connectivity index (χ0v) is 13.8. The van der Waals surface area contributed by atoms with Crippen LogP contribution in [-0.4, -0.2) is 35.6 Å². The van der Waals surface area contributed by atoms with E-state index in [4.69, 9.17) is 5.11 Å². The van der Waals surface area contributed by atoms with Gasteiger partial charge in [0.05, 0.1) is 6.54 Å². The minimum Gasteiger partial charge on any atom is -0.480 e. The Bertz CT molecular complexity index is 641. The lowest BCUT2D eigenvalue weighted by Gasteiger charge is -2.22. The normalized spacial score (nSPS) is 10.7. The largest absolute Gasteiger partial charge is 0.480 e. The van der Waals surface area contributed by atoms with Crippen LogP contribution in [-0.2, 0) is 17.9 Å². The minimum absolute atomic E-state index is 0.00655. The van der Waals surface area contributed by atoms with Gasteiger partial charge < -0.3 is 10.4 Å². The van der Waals surface area contributed by atoms with Gasteiger partial charge in [-0.05, 0) is 16.7 Å². The van der Waals surface area contributed by atoms with Gasteiger partial charge in [0.1, 0.15) is 0 Å². The number of nitrogens with zero attached hydrogens (tertiary/aromatic N) is 1. The average molecular weight is 324 g/mol. The van der Waals surface area contributed by atoms with E-state index in [0.29, 0.717) is 19.6 Å². The minimum atomic E-state index is -0.823. The van der Waals surface area contributed by atoms with Gasteiger partial charge >= 0.3 is 5.97 Å². The van der Waals surface area contributed by atoms with Gasteiger partial charge in [0.2, 0.25) is 0 Å². The lowest BCUT2D eigenvalue weighted by molar-refractivity contribution is -0.138. The Hall–Kier alpha value is -2.43. The number of benzene rings is 2. The van der Waals surface area contributed by atoms with E-state index in [0.717, 1.165) is 17.7 Å². The predicted molar refractivity (Wildman–Crippen MR) is 96.6 cm³/mol. The van der Waals surface area contributed by atoms with E-state index in [9.17, 15) is 4.79 Å². The highest BCUT2D eigenvalue weighted by Crippen LogP contribution is 2.06. The lowest BCUT2D eigenvalue weighted by Crippen LogP contribution is -2.33. The van der Waals surface area contributed by atoms with Crippen LogP contribution in [0.4, 0.5) is 0 Å². The summed E-state index contributed by atoms with van der Waals surface area (Å²) < 4.78 is 0. The van der Waals surface area contributed by atoms with Crippen LogP contribution >= 0.6 is 0 Å². The molecule has 4 nitrogen and oxygen atoms in total. The zero-order valence-electron chi connectivity index (χ0n) is 13.8. The monoisotopic (exact) mass is 324 g/mol. The van der Waals surface area contributed by atoms with Gasteiger partial charge in [-0.25, -0.2) is 0 Å². The van der Waals surface area contributed by atoms with E-state index in [2.05, 4.69) is 24.0 Å². The van der Waals surface area contributed by atoms with E-state index in [1.54, 1.807) is 0 Å². The molecule has 0 heterocycles. The molecule has 0 atom stereocenters. The van der Waals surface area contributed by atoms with Crippen molar-refractivity contribution in [2.24, 2.45) is 0 Å². The predicted octanol–water partition coefficient (Wildman–Crippen LogP) is 2.92. The first-order chi connectivity index (χ1) is 11.6. The average Bonchev–Trinajstić information content (AvgIpc) is 2.56. The number of carbonyl (C=O) groups is 1. The molecule has 2 N–H and O–H groups in total. The number of nitrogens with one attached hydrogen (secondary N) is 1. The van der Waals surface area contributed by atoms with Crippen LogP contribution in [0.3, 0.4) is 0 Å². The first-order valence-corrected chi connectivity index (χ1v) is 8.03. The Morgan fingerprint density at radius 2 is 1.54 bits per heavy atom. The standard InChI is InChI=1S/C20H24N2O2/c1-17(12-21-13-18-8-4-2-5-9-18)14-22(16-20(23)24)15-19-10-6-3-7-11-19/h2-11,21H,1,12-16H2,(H,23,24). The van der Waals surface area contributed by atoms with Crippen molar-refractivity contribution >= 4 is 5.97 Å². The fourth-order valence-electron chi connectivity index (χ4n) is 2.55. The van der Waals surface area contributed by atoms with Gasteiger partial charge in [0.15, 0.2) is 0 Å². The van der Waals surface area contributed by atoms with Crippen molar-refractivity contribution in [2.45, 2.75) is 13.1 Å². The van der Waals surface area contributed by atoms with Crippen LogP contribution in [0, 0.1) is 0 Å². The second-order valence-electron chi connectivity index (χ2n) is 5.86. The van der Waals surface area contributed by atoms with E-state index in [-0.39, 0.29) is 6.54 Å². The maximum atomic E-state index is 11.1. The van der Waals surface area contributed by atoms with E-state index >= 15 is 0 Å². The molecule has 0 amide bonds. The number of aliphatic carboxylic acids is 1. The molecule has 0 unspecified atom stereocenters. The number of carboxylic acids is 1. The summed E-state index contributed by atoms with van der Waals surface area (Å²) >= 11 is 0. The smallest absolute Gasteiger partial charge is 0.317 e. The lowest BCUT2D eigenvalue weighted by atomic mass is 10.2. The molecule has 0 aromatic heterocycles. The summed E-state index contributed by atoms with van der Waals surface area (Å²) in [4.78, 5) is 13.0. The van der Waals surface area contributed by atoms with E-state index < -0.39 is 5.97 Å². The first-order valence-electron chi connectivity index (χ1n) is 8.03. The number of carboxylic acid groups (broad SMARTS) is 1. The number of hydrogen-bond acceptors (Lipinski definition) is 3. The van der Waals surface area contributed by atoms with E-state index in [1.165, 1.54) is 5.56 Å². The zero-order chi connectivity index (χ0) is 17.2. The van der Waals surface area contributed by atoms with Crippen LogP contribution in [0.2, 0.25) is 0 Å². The fraction of sp³-hybridized carbons (Fsp3) is 0.250. The second-order valence-corrected chi connectivity index (χ2v) is 5.86. The van der Waals surface area contributed by atoms with Crippen LogP contribution in [0.1, 0.15) is 11.1 Å². The third-order valence-electron chi connectivity index (χ3n) is 3.60. The summed E-state index contributed by atoms with van der Waals surface area (Å²) in [6.07, 6.45) is 0. The summed E-state index contributed by atoms with van der Waals surface area (Å²) in [7, 11) is 0. The Morgan fingerprint density at radius 1 is 0.958 bits per heavy atom. The highest BCUT2D eigenvalue weighted by Gasteiger charge is 2.11. The molecule has 0 radical (unpaired) electrons. The SMILES string of the molecule is C=C(CNCc1ccccc1)CN(CC(=O)O)Cc1ccccc1. The molecule has 0 saturated carbocycles. The highest BCUT2D eigenvalue weighted by atomic mass is 16.4. The summed E-state index contributed by atoms with van der Waals surface area (Å²) in [5.41, 5.74) is 3.30.